The fourth-order valence-electron chi connectivity index (χ4n) is 3.11. The predicted octanol–water partition coefficient (Wildman–Crippen LogP) is 4.56. The third-order valence-corrected chi connectivity index (χ3v) is 5.57. The third kappa shape index (κ3) is 4.29. The molecule has 0 radical (unpaired) electrons. The number of hydrogen-bond donors (Lipinski definition) is 1. The van der Waals surface area contributed by atoms with Crippen molar-refractivity contribution in [2.24, 2.45) is 5.14 Å². The maximum absolute atomic E-state index is 11.6. The van der Waals surface area contributed by atoms with Gasteiger partial charge in [0, 0.05) is 17.5 Å². The molecule has 0 aliphatic heterocycles. The molecule has 0 bridgehead atoms. The Morgan fingerprint density at radius 3 is 2.10 bits per heavy atom. The molecule has 0 amide bonds. The molecule has 1 heterocycles. The predicted molar refractivity (Wildman–Crippen MR) is 113 cm³/mol. The van der Waals surface area contributed by atoms with Gasteiger partial charge in [0.1, 0.15) is 5.69 Å². The number of primary sulfonamides is 1. The van der Waals surface area contributed by atoms with Gasteiger partial charge in [-0.1, -0.05) is 60.2 Å². The number of sulfonamides is 1. The standard InChI is InChI=1S/C23H20N2O3S/c1-16-7-9-18(10-8-16)22-23(19-11-13-20(14-12-19)29(24,26)27)28-21(25-22)15-17-5-3-2-4-6-17/h2-14H,15H2,1H3,(H2,24,26,27). The minimum absolute atomic E-state index is 0.0576. The number of nitrogens with zero attached hydrogens (tertiary/aromatic N) is 1. The maximum Gasteiger partial charge on any atom is 0.238 e. The second-order valence-corrected chi connectivity index (χ2v) is 8.44. The summed E-state index contributed by atoms with van der Waals surface area (Å²) in [5.74, 6) is 1.19. The molecule has 4 rings (SSSR count). The van der Waals surface area contributed by atoms with Gasteiger partial charge in [0.15, 0.2) is 11.7 Å². The topological polar surface area (TPSA) is 86.2 Å². The number of hydrogen-bond acceptors (Lipinski definition) is 4. The summed E-state index contributed by atoms with van der Waals surface area (Å²) in [5.41, 5.74) is 4.64. The first-order chi connectivity index (χ1) is 13.9. The molecule has 0 aliphatic carbocycles. The molecule has 3 aromatic carbocycles. The summed E-state index contributed by atoms with van der Waals surface area (Å²) >= 11 is 0. The van der Waals surface area contributed by atoms with Gasteiger partial charge in [0.25, 0.3) is 0 Å². The first-order valence-electron chi connectivity index (χ1n) is 9.14. The van der Waals surface area contributed by atoms with Crippen LogP contribution >= 0.6 is 0 Å². The van der Waals surface area contributed by atoms with E-state index in [-0.39, 0.29) is 4.90 Å². The Balaban J connectivity index is 1.79. The number of aryl methyl sites for hydroxylation is 1. The van der Waals surface area contributed by atoms with Crippen molar-refractivity contribution in [3.8, 4) is 22.6 Å². The molecule has 0 atom stereocenters. The summed E-state index contributed by atoms with van der Waals surface area (Å²) in [6.07, 6.45) is 0.564. The van der Waals surface area contributed by atoms with Gasteiger partial charge in [-0.05, 0) is 36.8 Å². The minimum Gasteiger partial charge on any atom is -0.440 e. The molecule has 0 saturated carbocycles. The second-order valence-electron chi connectivity index (χ2n) is 6.88. The Labute approximate surface area is 169 Å². The van der Waals surface area contributed by atoms with E-state index in [1.165, 1.54) is 12.1 Å². The highest BCUT2D eigenvalue weighted by atomic mass is 32.2. The van der Waals surface area contributed by atoms with Crippen LogP contribution in [0.3, 0.4) is 0 Å². The first kappa shape index (κ1) is 19.1. The molecule has 1 aromatic heterocycles. The van der Waals surface area contributed by atoms with Gasteiger partial charge in [0.05, 0.1) is 4.90 Å². The molecular weight excluding hydrogens is 384 g/mol. The highest BCUT2D eigenvalue weighted by Crippen LogP contribution is 2.34. The average Bonchev–Trinajstić information content (AvgIpc) is 3.12. The van der Waals surface area contributed by atoms with Crippen molar-refractivity contribution in [3.05, 3.63) is 95.9 Å². The van der Waals surface area contributed by atoms with Gasteiger partial charge in [-0.25, -0.2) is 18.5 Å². The van der Waals surface area contributed by atoms with Gasteiger partial charge in [-0.15, -0.1) is 0 Å². The number of oxazole rings is 1. The summed E-state index contributed by atoms with van der Waals surface area (Å²) in [7, 11) is -3.75. The minimum atomic E-state index is -3.75. The van der Waals surface area contributed by atoms with E-state index >= 15 is 0 Å². The van der Waals surface area contributed by atoms with Gasteiger partial charge >= 0.3 is 0 Å². The van der Waals surface area contributed by atoms with Crippen molar-refractivity contribution in [1.82, 2.24) is 4.98 Å². The van der Waals surface area contributed by atoms with Crippen LogP contribution in [0.25, 0.3) is 22.6 Å². The summed E-state index contributed by atoms with van der Waals surface area (Å²) in [6, 6.07) is 24.3. The molecule has 0 fully saturated rings. The smallest absolute Gasteiger partial charge is 0.238 e. The molecule has 0 spiro atoms. The van der Waals surface area contributed by atoms with Crippen LogP contribution in [0.1, 0.15) is 17.0 Å². The Morgan fingerprint density at radius 1 is 0.862 bits per heavy atom. The van der Waals surface area contributed by atoms with Crippen molar-refractivity contribution in [3.63, 3.8) is 0 Å². The second kappa shape index (κ2) is 7.66. The maximum atomic E-state index is 11.6. The fraction of sp³-hybridized carbons (Fsp3) is 0.0870. The first-order valence-corrected chi connectivity index (χ1v) is 10.7. The third-order valence-electron chi connectivity index (χ3n) is 4.64. The van der Waals surface area contributed by atoms with E-state index in [9.17, 15) is 8.42 Å². The molecule has 0 aliphatic rings. The number of rotatable bonds is 5. The Hall–Kier alpha value is -3.22. The van der Waals surface area contributed by atoms with Crippen molar-refractivity contribution < 1.29 is 12.8 Å². The Kier molecular flexibility index (Phi) is 5.05. The van der Waals surface area contributed by atoms with E-state index in [2.05, 4.69) is 0 Å². The van der Waals surface area contributed by atoms with Crippen molar-refractivity contribution >= 4 is 10.0 Å². The number of benzene rings is 3. The number of nitrogens with two attached hydrogens (primary N) is 1. The SMILES string of the molecule is Cc1ccc(-c2nc(Cc3ccccc3)oc2-c2ccc(S(N)(=O)=O)cc2)cc1. The van der Waals surface area contributed by atoms with Gasteiger partial charge in [0.2, 0.25) is 10.0 Å². The summed E-state index contributed by atoms with van der Waals surface area (Å²) in [4.78, 5) is 4.80. The largest absolute Gasteiger partial charge is 0.440 e. The van der Waals surface area contributed by atoms with E-state index < -0.39 is 10.0 Å². The molecule has 29 heavy (non-hydrogen) atoms. The summed E-state index contributed by atoms with van der Waals surface area (Å²) in [6.45, 7) is 2.03. The molecule has 5 nitrogen and oxygen atoms in total. The Bertz CT molecular complexity index is 1230. The van der Waals surface area contributed by atoms with Crippen molar-refractivity contribution in [2.75, 3.05) is 0 Å². The lowest BCUT2D eigenvalue weighted by molar-refractivity contribution is 0.519. The van der Waals surface area contributed by atoms with Crippen LogP contribution in [-0.2, 0) is 16.4 Å². The molecular formula is C23H20N2O3S. The summed E-state index contributed by atoms with van der Waals surface area (Å²) in [5, 5.41) is 5.21. The molecule has 2 N–H and O–H groups in total. The Morgan fingerprint density at radius 2 is 1.48 bits per heavy atom. The van der Waals surface area contributed by atoms with E-state index in [1.54, 1.807) is 12.1 Å². The van der Waals surface area contributed by atoms with E-state index in [0.717, 1.165) is 27.9 Å². The van der Waals surface area contributed by atoms with E-state index in [0.29, 0.717) is 18.1 Å². The van der Waals surface area contributed by atoms with E-state index in [1.807, 2.05) is 61.5 Å². The zero-order chi connectivity index (χ0) is 20.4. The molecule has 6 heteroatoms. The summed E-state index contributed by atoms with van der Waals surface area (Å²) < 4.78 is 29.2. The number of aromatic nitrogens is 1. The van der Waals surface area contributed by atoms with Crippen LogP contribution < -0.4 is 5.14 Å². The normalized spacial score (nSPS) is 11.5. The quantitative estimate of drug-likeness (QED) is 0.528. The lowest BCUT2D eigenvalue weighted by atomic mass is 10.0. The average molecular weight is 404 g/mol. The zero-order valence-electron chi connectivity index (χ0n) is 15.9. The fourth-order valence-corrected chi connectivity index (χ4v) is 3.62. The van der Waals surface area contributed by atoms with Crippen LogP contribution in [0.4, 0.5) is 0 Å². The molecule has 4 aromatic rings. The van der Waals surface area contributed by atoms with Crippen molar-refractivity contribution in [2.45, 2.75) is 18.2 Å². The lowest BCUT2D eigenvalue weighted by Gasteiger charge is -2.04. The van der Waals surface area contributed by atoms with Gasteiger partial charge < -0.3 is 4.42 Å². The van der Waals surface area contributed by atoms with E-state index in [4.69, 9.17) is 14.5 Å². The van der Waals surface area contributed by atoms with Crippen LogP contribution in [-0.4, -0.2) is 13.4 Å². The van der Waals surface area contributed by atoms with Crippen LogP contribution in [0, 0.1) is 6.92 Å². The zero-order valence-corrected chi connectivity index (χ0v) is 16.7. The molecule has 0 unspecified atom stereocenters. The lowest BCUT2D eigenvalue weighted by Crippen LogP contribution is -2.11. The highest BCUT2D eigenvalue weighted by Gasteiger charge is 2.18. The van der Waals surface area contributed by atoms with Gasteiger partial charge in [-0.3, -0.25) is 0 Å². The van der Waals surface area contributed by atoms with Crippen molar-refractivity contribution in [1.29, 1.82) is 0 Å². The molecule has 146 valence electrons. The highest BCUT2D eigenvalue weighted by molar-refractivity contribution is 7.89. The van der Waals surface area contributed by atoms with Crippen LogP contribution in [0.5, 0.6) is 0 Å². The monoisotopic (exact) mass is 404 g/mol. The van der Waals surface area contributed by atoms with Crippen LogP contribution in [0.15, 0.2) is 88.2 Å². The van der Waals surface area contributed by atoms with Crippen LogP contribution in [0.2, 0.25) is 0 Å². The molecule has 0 saturated heterocycles. The van der Waals surface area contributed by atoms with Gasteiger partial charge in [-0.2, -0.15) is 0 Å².